The molecule has 2 aromatic rings. The van der Waals surface area contributed by atoms with E-state index in [2.05, 4.69) is 41.4 Å². The Labute approximate surface area is 215 Å². The summed E-state index contributed by atoms with van der Waals surface area (Å²) in [6, 6.07) is 14.8. The van der Waals surface area contributed by atoms with Crippen molar-refractivity contribution in [1.82, 2.24) is 4.98 Å². The van der Waals surface area contributed by atoms with E-state index in [1.54, 1.807) is 0 Å². The van der Waals surface area contributed by atoms with Crippen molar-refractivity contribution in [1.29, 1.82) is 0 Å². The first kappa shape index (κ1) is 25.4. The lowest BCUT2D eigenvalue weighted by molar-refractivity contribution is -0.946. The van der Waals surface area contributed by atoms with Crippen molar-refractivity contribution in [2.45, 2.75) is 75.7 Å². The molecule has 0 N–H and O–H groups in total. The van der Waals surface area contributed by atoms with Crippen molar-refractivity contribution in [3.05, 3.63) is 66.0 Å². The molecular formula is C29H39BrN2O2. The number of halogens is 1. The van der Waals surface area contributed by atoms with Crippen LogP contribution in [0.5, 0.6) is 0 Å². The highest BCUT2D eigenvalue weighted by molar-refractivity contribution is 5.83. The van der Waals surface area contributed by atoms with E-state index in [9.17, 15) is 4.79 Å². The number of carbonyl (C=O) groups excluding carboxylic acids is 1. The monoisotopic (exact) mass is 526 g/mol. The fourth-order valence-electron chi connectivity index (χ4n) is 6.79. The SMILES string of the molecule is O=C(OC1C[N+]2(CCCc3ccncc3)CCC1CC2)C1(c2ccccc2)CCCCCC1.[Br-]. The van der Waals surface area contributed by atoms with Crippen LogP contribution in [-0.2, 0) is 21.4 Å². The maximum absolute atomic E-state index is 13.9. The molecule has 0 spiro atoms. The Hall–Kier alpha value is -1.72. The summed E-state index contributed by atoms with van der Waals surface area (Å²) < 4.78 is 7.64. The fraction of sp³-hybridized carbons (Fsp3) is 0.586. The Morgan fingerprint density at radius 1 is 0.971 bits per heavy atom. The topological polar surface area (TPSA) is 39.2 Å². The highest BCUT2D eigenvalue weighted by Gasteiger charge is 2.50. The molecule has 3 aliphatic heterocycles. The molecule has 1 unspecified atom stereocenters. The van der Waals surface area contributed by atoms with Gasteiger partial charge in [-0.05, 0) is 42.5 Å². The van der Waals surface area contributed by atoms with Gasteiger partial charge < -0.3 is 26.2 Å². The van der Waals surface area contributed by atoms with Crippen LogP contribution in [0.25, 0.3) is 0 Å². The molecule has 0 radical (unpaired) electrons. The zero-order chi connectivity index (χ0) is 22.6. The maximum Gasteiger partial charge on any atom is 0.317 e. The van der Waals surface area contributed by atoms with Gasteiger partial charge in [-0.15, -0.1) is 0 Å². The third-order valence-electron chi connectivity index (χ3n) is 8.82. The molecule has 0 amide bonds. The number of aryl methyl sites for hydroxylation is 1. The van der Waals surface area contributed by atoms with Crippen LogP contribution in [-0.4, -0.2) is 47.7 Å². The largest absolute Gasteiger partial charge is 1.00 e. The zero-order valence-electron chi connectivity index (χ0n) is 20.3. The molecule has 1 aromatic carbocycles. The Morgan fingerprint density at radius 3 is 2.32 bits per heavy atom. The first-order valence-electron chi connectivity index (χ1n) is 13.2. The molecule has 1 atom stereocenters. The van der Waals surface area contributed by atoms with Gasteiger partial charge in [0, 0.05) is 37.6 Å². The Balaban J connectivity index is 0.00000274. The third-order valence-corrected chi connectivity index (χ3v) is 8.82. The summed E-state index contributed by atoms with van der Waals surface area (Å²) in [5, 5.41) is 0. The number of hydrogen-bond donors (Lipinski definition) is 0. The van der Waals surface area contributed by atoms with Crippen molar-refractivity contribution in [2.24, 2.45) is 5.92 Å². The number of carbonyl (C=O) groups is 1. The van der Waals surface area contributed by atoms with E-state index >= 15 is 0 Å². The van der Waals surface area contributed by atoms with Crippen molar-refractivity contribution in [2.75, 3.05) is 26.2 Å². The van der Waals surface area contributed by atoms with Crippen molar-refractivity contribution in [3.63, 3.8) is 0 Å². The smallest absolute Gasteiger partial charge is 0.317 e. The third kappa shape index (κ3) is 5.41. The Kier molecular flexibility index (Phi) is 8.47. The zero-order valence-corrected chi connectivity index (χ0v) is 21.9. The molecule has 1 aliphatic carbocycles. The Morgan fingerprint density at radius 2 is 1.65 bits per heavy atom. The first-order chi connectivity index (χ1) is 16.2. The normalized spacial score (nSPS) is 27.9. The van der Waals surface area contributed by atoms with Gasteiger partial charge in [0.05, 0.1) is 25.0 Å². The van der Waals surface area contributed by atoms with Crippen LogP contribution < -0.4 is 17.0 Å². The Bertz CT molecular complexity index is 904. The van der Waals surface area contributed by atoms with Gasteiger partial charge in [0.15, 0.2) is 6.10 Å². The van der Waals surface area contributed by atoms with Crippen LogP contribution in [0.15, 0.2) is 54.9 Å². The average molecular weight is 528 g/mol. The second kappa shape index (κ2) is 11.3. The van der Waals surface area contributed by atoms with E-state index in [4.69, 9.17) is 4.74 Å². The van der Waals surface area contributed by atoms with Gasteiger partial charge in [-0.2, -0.15) is 0 Å². The number of aromatic nitrogens is 1. The number of pyridine rings is 1. The summed E-state index contributed by atoms with van der Waals surface area (Å²) in [5.74, 6) is 0.608. The summed E-state index contributed by atoms with van der Waals surface area (Å²) in [5.41, 5.74) is 2.09. The summed E-state index contributed by atoms with van der Waals surface area (Å²) in [6.07, 6.45) is 15.1. The number of esters is 1. The van der Waals surface area contributed by atoms with E-state index in [1.165, 1.54) is 62.9 Å². The molecule has 6 rings (SSSR count). The number of hydrogen-bond acceptors (Lipinski definition) is 3. The summed E-state index contributed by atoms with van der Waals surface area (Å²) in [4.78, 5) is 18.0. The first-order valence-corrected chi connectivity index (χ1v) is 13.2. The molecule has 3 saturated heterocycles. The standard InChI is InChI=1S/C29H39N2O2.BrH/c32-28(29(16-6-1-2-7-17-29)26-10-4-3-5-11-26)33-27-23-31(21-14-25(27)15-22-31)20-8-9-24-12-18-30-19-13-24;/h3-5,10-13,18-19,25,27H,1-2,6-9,14-17,20-23H2;1H/q+1;/p-1. The number of piperidine rings is 3. The average Bonchev–Trinajstić information content (AvgIpc) is 3.13. The minimum Gasteiger partial charge on any atom is -1.00 e. The second-order valence-corrected chi connectivity index (χ2v) is 10.8. The van der Waals surface area contributed by atoms with Gasteiger partial charge in [-0.25, -0.2) is 0 Å². The molecule has 4 heterocycles. The van der Waals surface area contributed by atoms with Crippen molar-refractivity contribution < 1.29 is 31.0 Å². The van der Waals surface area contributed by atoms with Gasteiger partial charge in [0.1, 0.15) is 6.54 Å². The maximum atomic E-state index is 13.9. The number of rotatable bonds is 7. The van der Waals surface area contributed by atoms with E-state index in [0.717, 1.165) is 43.1 Å². The van der Waals surface area contributed by atoms with Gasteiger partial charge in [0.25, 0.3) is 0 Å². The minimum absolute atomic E-state index is 0. The van der Waals surface area contributed by atoms with Gasteiger partial charge in [-0.1, -0.05) is 56.0 Å². The number of quaternary nitrogens is 1. The van der Waals surface area contributed by atoms with Gasteiger partial charge in [-0.3, -0.25) is 9.78 Å². The number of ether oxygens (including phenoxy) is 1. The minimum atomic E-state index is -0.448. The fourth-order valence-corrected chi connectivity index (χ4v) is 6.79. The van der Waals surface area contributed by atoms with Crippen LogP contribution in [0, 0.1) is 5.92 Å². The molecule has 4 fully saturated rings. The molecule has 4 nitrogen and oxygen atoms in total. The van der Waals surface area contributed by atoms with Crippen LogP contribution in [0.2, 0.25) is 0 Å². The van der Waals surface area contributed by atoms with Gasteiger partial charge in [0.2, 0.25) is 0 Å². The molecule has 5 heteroatoms. The van der Waals surface area contributed by atoms with Crippen molar-refractivity contribution in [3.8, 4) is 0 Å². The number of benzene rings is 1. The molecule has 2 bridgehead atoms. The summed E-state index contributed by atoms with van der Waals surface area (Å²) in [7, 11) is 0. The molecule has 34 heavy (non-hydrogen) atoms. The van der Waals surface area contributed by atoms with E-state index in [-0.39, 0.29) is 29.1 Å². The van der Waals surface area contributed by atoms with Crippen LogP contribution >= 0.6 is 0 Å². The molecule has 184 valence electrons. The van der Waals surface area contributed by atoms with E-state index < -0.39 is 5.41 Å². The highest BCUT2D eigenvalue weighted by atomic mass is 79.9. The van der Waals surface area contributed by atoms with Gasteiger partial charge >= 0.3 is 5.97 Å². The van der Waals surface area contributed by atoms with E-state index in [0.29, 0.717) is 5.92 Å². The highest BCUT2D eigenvalue weighted by Crippen LogP contribution is 2.42. The second-order valence-electron chi connectivity index (χ2n) is 10.8. The molecule has 4 aliphatic rings. The number of nitrogens with zero attached hydrogens (tertiary/aromatic N) is 2. The molecular weight excluding hydrogens is 488 g/mol. The quantitative estimate of drug-likeness (QED) is 0.316. The predicted molar refractivity (Wildman–Crippen MR) is 131 cm³/mol. The lowest BCUT2D eigenvalue weighted by atomic mass is 9.74. The van der Waals surface area contributed by atoms with Crippen molar-refractivity contribution >= 4 is 5.97 Å². The van der Waals surface area contributed by atoms with Crippen LogP contribution in [0.3, 0.4) is 0 Å². The summed E-state index contributed by atoms with van der Waals surface area (Å²) in [6.45, 7) is 4.70. The van der Waals surface area contributed by atoms with Crippen LogP contribution in [0.4, 0.5) is 0 Å². The molecule has 1 saturated carbocycles. The number of fused-ring (bicyclic) bond motifs is 3. The lowest BCUT2D eigenvalue weighted by Crippen LogP contribution is -3.00. The molecule has 1 aromatic heterocycles. The summed E-state index contributed by atoms with van der Waals surface area (Å²) >= 11 is 0. The lowest BCUT2D eigenvalue weighted by Gasteiger charge is -2.52. The predicted octanol–water partition coefficient (Wildman–Crippen LogP) is 2.46. The van der Waals surface area contributed by atoms with Crippen LogP contribution in [0.1, 0.15) is 68.9 Å². The van der Waals surface area contributed by atoms with E-state index in [1.807, 2.05) is 18.5 Å².